The van der Waals surface area contributed by atoms with Gasteiger partial charge in [-0.15, -0.1) is 0 Å². The Kier molecular flexibility index (Phi) is 8.60. The Morgan fingerprint density at radius 3 is 2.08 bits per heavy atom. The third kappa shape index (κ3) is 7.88. The van der Waals surface area contributed by atoms with Crippen molar-refractivity contribution in [3.63, 3.8) is 0 Å². The summed E-state index contributed by atoms with van der Waals surface area (Å²) < 4.78 is 5.75. The van der Waals surface area contributed by atoms with Crippen LogP contribution in [0.4, 0.5) is 5.69 Å². The molecule has 0 saturated carbocycles. The predicted molar refractivity (Wildman–Crippen MR) is 104 cm³/mol. The third-order valence-electron chi connectivity index (χ3n) is 4.12. The summed E-state index contributed by atoms with van der Waals surface area (Å²) in [6.07, 6.45) is 9.14. The van der Waals surface area contributed by atoms with Crippen LogP contribution in [0.1, 0.15) is 58.3 Å². The number of nitrogens with one attached hydrogen (secondary N) is 1. The fraction of sp³-hybridized carbons (Fsp3) is 0.409. The minimum atomic E-state index is 0.0882. The average Bonchev–Trinajstić information content (AvgIpc) is 2.63. The molecule has 0 heterocycles. The van der Waals surface area contributed by atoms with Crippen molar-refractivity contribution in [2.75, 3.05) is 5.32 Å². The van der Waals surface area contributed by atoms with Gasteiger partial charge in [-0.05, 0) is 42.8 Å². The highest BCUT2D eigenvalue weighted by Gasteiger charge is 2.03. The smallest absolute Gasteiger partial charge is 0.224 e. The van der Waals surface area contributed by atoms with Crippen LogP contribution in [0.25, 0.3) is 0 Å². The van der Waals surface area contributed by atoms with Crippen LogP contribution in [0, 0.1) is 0 Å². The Morgan fingerprint density at radius 1 is 0.800 bits per heavy atom. The van der Waals surface area contributed by atoms with Crippen molar-refractivity contribution in [2.24, 2.45) is 0 Å². The largest absolute Gasteiger partial charge is 0.457 e. The summed E-state index contributed by atoms with van der Waals surface area (Å²) in [7, 11) is 0. The van der Waals surface area contributed by atoms with Gasteiger partial charge in [0.25, 0.3) is 0 Å². The van der Waals surface area contributed by atoms with Crippen molar-refractivity contribution in [2.45, 2.75) is 58.3 Å². The molecule has 0 saturated heterocycles. The van der Waals surface area contributed by atoms with E-state index in [1.54, 1.807) is 0 Å². The molecule has 0 radical (unpaired) electrons. The molecule has 0 atom stereocenters. The molecule has 0 aliphatic rings. The van der Waals surface area contributed by atoms with Crippen LogP contribution < -0.4 is 10.1 Å². The summed E-state index contributed by atoms with van der Waals surface area (Å²) in [5, 5.41) is 2.95. The van der Waals surface area contributed by atoms with Gasteiger partial charge >= 0.3 is 0 Å². The van der Waals surface area contributed by atoms with Crippen molar-refractivity contribution >= 4 is 11.6 Å². The van der Waals surface area contributed by atoms with E-state index in [4.69, 9.17) is 4.74 Å². The second kappa shape index (κ2) is 11.3. The molecule has 0 aromatic heterocycles. The maximum Gasteiger partial charge on any atom is 0.224 e. The molecule has 0 aliphatic heterocycles. The van der Waals surface area contributed by atoms with E-state index < -0.39 is 0 Å². The summed E-state index contributed by atoms with van der Waals surface area (Å²) >= 11 is 0. The molecular weight excluding hydrogens is 310 g/mol. The summed E-state index contributed by atoms with van der Waals surface area (Å²) in [6, 6.07) is 17.2. The van der Waals surface area contributed by atoms with Gasteiger partial charge in [0, 0.05) is 12.1 Å². The average molecular weight is 339 g/mol. The molecule has 0 spiro atoms. The second-order valence-electron chi connectivity index (χ2n) is 6.36. The number of benzene rings is 2. The Hall–Kier alpha value is -2.29. The Morgan fingerprint density at radius 2 is 1.40 bits per heavy atom. The molecule has 1 N–H and O–H groups in total. The quantitative estimate of drug-likeness (QED) is 0.471. The SMILES string of the molecule is CCCCCCCCCC(=O)Nc1ccc(Oc2ccccc2)cc1. The molecule has 0 unspecified atom stereocenters. The topological polar surface area (TPSA) is 38.3 Å². The van der Waals surface area contributed by atoms with E-state index >= 15 is 0 Å². The highest BCUT2D eigenvalue weighted by Crippen LogP contribution is 2.22. The van der Waals surface area contributed by atoms with Crippen LogP contribution in [0.15, 0.2) is 54.6 Å². The normalized spacial score (nSPS) is 10.4. The van der Waals surface area contributed by atoms with E-state index in [0.29, 0.717) is 6.42 Å². The lowest BCUT2D eigenvalue weighted by Crippen LogP contribution is -2.10. The number of amides is 1. The zero-order valence-corrected chi connectivity index (χ0v) is 15.2. The van der Waals surface area contributed by atoms with E-state index in [1.807, 2.05) is 54.6 Å². The second-order valence-corrected chi connectivity index (χ2v) is 6.36. The highest BCUT2D eigenvalue weighted by molar-refractivity contribution is 5.90. The first-order valence-corrected chi connectivity index (χ1v) is 9.41. The van der Waals surface area contributed by atoms with Crippen molar-refractivity contribution < 1.29 is 9.53 Å². The lowest BCUT2D eigenvalue weighted by molar-refractivity contribution is -0.116. The monoisotopic (exact) mass is 339 g/mol. The molecule has 134 valence electrons. The molecule has 0 aliphatic carbocycles. The molecule has 2 aromatic rings. The summed E-state index contributed by atoms with van der Waals surface area (Å²) in [5.41, 5.74) is 0.813. The number of carbonyl (C=O) groups excluding carboxylic acids is 1. The molecule has 25 heavy (non-hydrogen) atoms. The standard InChI is InChI=1S/C22H29NO2/c1-2-3-4-5-6-7-11-14-22(24)23-19-15-17-21(18-16-19)25-20-12-9-8-10-13-20/h8-10,12-13,15-18H,2-7,11,14H2,1H3,(H,23,24). The van der Waals surface area contributed by atoms with Gasteiger partial charge in [-0.25, -0.2) is 0 Å². The number of hydrogen-bond donors (Lipinski definition) is 1. The number of ether oxygens (including phenoxy) is 1. The Labute approximate surface area is 151 Å². The molecule has 0 bridgehead atoms. The lowest BCUT2D eigenvalue weighted by Gasteiger charge is -2.08. The van der Waals surface area contributed by atoms with E-state index in [2.05, 4.69) is 12.2 Å². The Bertz CT molecular complexity index is 608. The van der Waals surface area contributed by atoms with Crippen LogP contribution in [0.2, 0.25) is 0 Å². The van der Waals surface area contributed by atoms with E-state index in [-0.39, 0.29) is 5.91 Å². The van der Waals surface area contributed by atoms with Crippen LogP contribution in [-0.4, -0.2) is 5.91 Å². The molecule has 1 amide bonds. The van der Waals surface area contributed by atoms with Crippen molar-refractivity contribution in [3.8, 4) is 11.5 Å². The fourth-order valence-electron chi connectivity index (χ4n) is 2.70. The van der Waals surface area contributed by atoms with Crippen LogP contribution in [0.3, 0.4) is 0 Å². The summed E-state index contributed by atoms with van der Waals surface area (Å²) in [4.78, 5) is 12.0. The van der Waals surface area contributed by atoms with Crippen molar-refractivity contribution in [1.29, 1.82) is 0 Å². The van der Waals surface area contributed by atoms with E-state index in [1.165, 1.54) is 32.1 Å². The minimum Gasteiger partial charge on any atom is -0.457 e. The molecule has 3 nitrogen and oxygen atoms in total. The number of rotatable bonds is 11. The van der Waals surface area contributed by atoms with E-state index in [0.717, 1.165) is 30.0 Å². The first-order chi connectivity index (χ1) is 12.3. The number of unbranched alkanes of at least 4 members (excludes halogenated alkanes) is 6. The fourth-order valence-corrected chi connectivity index (χ4v) is 2.70. The van der Waals surface area contributed by atoms with Gasteiger partial charge in [0.1, 0.15) is 11.5 Å². The number of para-hydroxylation sites is 1. The summed E-state index contributed by atoms with van der Waals surface area (Å²) in [6.45, 7) is 2.23. The van der Waals surface area contributed by atoms with Crippen LogP contribution in [-0.2, 0) is 4.79 Å². The first-order valence-electron chi connectivity index (χ1n) is 9.41. The minimum absolute atomic E-state index is 0.0882. The third-order valence-corrected chi connectivity index (χ3v) is 4.12. The Balaban J connectivity index is 1.65. The van der Waals surface area contributed by atoms with Crippen molar-refractivity contribution in [3.05, 3.63) is 54.6 Å². The van der Waals surface area contributed by atoms with Gasteiger partial charge in [0.05, 0.1) is 0 Å². The van der Waals surface area contributed by atoms with Crippen molar-refractivity contribution in [1.82, 2.24) is 0 Å². The van der Waals surface area contributed by atoms with Gasteiger partial charge < -0.3 is 10.1 Å². The first kappa shape index (κ1) is 19.0. The van der Waals surface area contributed by atoms with Gasteiger partial charge in [-0.1, -0.05) is 63.6 Å². The van der Waals surface area contributed by atoms with Gasteiger partial charge in [0.2, 0.25) is 5.91 Å². The van der Waals surface area contributed by atoms with E-state index in [9.17, 15) is 4.79 Å². The number of hydrogen-bond acceptors (Lipinski definition) is 2. The number of anilines is 1. The van der Waals surface area contributed by atoms with Crippen LogP contribution >= 0.6 is 0 Å². The predicted octanol–water partition coefficient (Wildman–Crippen LogP) is 6.56. The van der Waals surface area contributed by atoms with Gasteiger partial charge in [-0.3, -0.25) is 4.79 Å². The molecule has 2 rings (SSSR count). The number of carbonyl (C=O) groups is 1. The zero-order chi connectivity index (χ0) is 17.7. The molecule has 3 heteroatoms. The molecule has 0 fully saturated rings. The molecule has 2 aromatic carbocycles. The summed E-state index contributed by atoms with van der Waals surface area (Å²) in [5.74, 6) is 1.65. The highest BCUT2D eigenvalue weighted by atomic mass is 16.5. The lowest BCUT2D eigenvalue weighted by atomic mass is 10.1. The molecular formula is C22H29NO2. The maximum absolute atomic E-state index is 12.0. The van der Waals surface area contributed by atoms with Gasteiger partial charge in [-0.2, -0.15) is 0 Å². The van der Waals surface area contributed by atoms with Gasteiger partial charge in [0.15, 0.2) is 0 Å². The zero-order valence-electron chi connectivity index (χ0n) is 15.2. The maximum atomic E-state index is 12.0. The van der Waals surface area contributed by atoms with Crippen LogP contribution in [0.5, 0.6) is 11.5 Å².